The van der Waals surface area contributed by atoms with Gasteiger partial charge in [0, 0.05) is 110 Å². The molecule has 0 amide bonds. The molecule has 0 atom stereocenters. The van der Waals surface area contributed by atoms with Crippen LogP contribution in [0, 0.1) is 0 Å². The Bertz CT molecular complexity index is 8130. The summed E-state index contributed by atoms with van der Waals surface area (Å²) >= 11 is 1.88. The number of fused-ring (bicyclic) bond motifs is 23. The fourth-order valence-electron chi connectivity index (χ4n) is 24.0. The minimum Gasteiger partial charge on any atom is -0.454 e. The van der Waals surface area contributed by atoms with Gasteiger partial charge >= 0.3 is 0 Å². The first kappa shape index (κ1) is 70.9. The highest BCUT2D eigenvalue weighted by atomic mass is 32.1. The summed E-state index contributed by atoms with van der Waals surface area (Å²) in [6.45, 7) is 14.3. The third kappa shape index (κ3) is 9.70. The Balaban J connectivity index is 0.612. The molecule has 8 heteroatoms. The molecule has 0 N–H and O–H groups in total. The molecule has 3 aliphatic carbocycles. The Kier molecular flexibility index (Phi) is 14.6. The molecule has 0 radical (unpaired) electrons. The fourth-order valence-corrected chi connectivity index (χ4v) is 25.3. The lowest BCUT2D eigenvalue weighted by molar-refractivity contribution is 0.648. The molecule has 6 heterocycles. The fraction of sp³-hybridized carbons (Fsp3) is 0.0769. The van der Waals surface area contributed by atoms with Crippen molar-refractivity contribution in [1.29, 1.82) is 0 Å². The number of para-hydroxylation sites is 3. The van der Waals surface area contributed by atoms with Gasteiger partial charge in [0.15, 0.2) is 5.58 Å². The van der Waals surface area contributed by atoms with E-state index in [0.29, 0.717) is 0 Å². The molecular formula is C117H80B2N4OS. The summed E-state index contributed by atoms with van der Waals surface area (Å²) in [6.07, 6.45) is 0. The van der Waals surface area contributed by atoms with Crippen molar-refractivity contribution >= 4 is 168 Å². The highest BCUT2D eigenvalue weighted by molar-refractivity contribution is 7.26. The van der Waals surface area contributed by atoms with Gasteiger partial charge in [0.2, 0.25) is 0 Å². The number of hydrogen-bond donors (Lipinski definition) is 0. The highest BCUT2D eigenvalue weighted by Gasteiger charge is 2.49. The lowest BCUT2D eigenvalue weighted by Crippen LogP contribution is -2.61. The summed E-state index contributed by atoms with van der Waals surface area (Å²) in [5, 5.41) is 4.77. The molecule has 0 spiro atoms. The van der Waals surface area contributed by atoms with Crippen LogP contribution in [-0.4, -0.2) is 13.4 Å². The molecule has 18 aromatic carbocycles. The Morgan fingerprint density at radius 1 is 0.248 bits per heavy atom. The predicted octanol–water partition coefficient (Wildman–Crippen LogP) is 27.7. The molecule has 27 rings (SSSR count). The van der Waals surface area contributed by atoms with Crippen LogP contribution in [0.3, 0.4) is 0 Å². The van der Waals surface area contributed by atoms with Crippen molar-refractivity contribution in [3.05, 3.63) is 409 Å². The van der Waals surface area contributed by atoms with Gasteiger partial charge in [-0.05, 0) is 253 Å². The molecule has 0 fully saturated rings. The normalized spacial score (nSPS) is 14.9. The summed E-state index contributed by atoms with van der Waals surface area (Å²) in [7, 11) is 0. The molecule has 20 aromatic rings. The zero-order valence-electron chi connectivity index (χ0n) is 70.1. The number of hydrogen-bond acceptors (Lipinski definition) is 6. The zero-order valence-corrected chi connectivity index (χ0v) is 70.9. The van der Waals surface area contributed by atoms with Crippen LogP contribution >= 0.6 is 11.3 Å². The van der Waals surface area contributed by atoms with Crippen LogP contribution in [0.1, 0.15) is 74.9 Å². The van der Waals surface area contributed by atoms with Crippen molar-refractivity contribution in [1.82, 2.24) is 0 Å². The van der Waals surface area contributed by atoms with Gasteiger partial charge in [-0.25, -0.2) is 0 Å². The van der Waals surface area contributed by atoms with E-state index in [-0.39, 0.29) is 24.3 Å². The molecule has 586 valence electrons. The van der Waals surface area contributed by atoms with E-state index in [0.717, 1.165) is 78.6 Å². The van der Waals surface area contributed by atoms with E-state index >= 15 is 0 Å². The zero-order chi connectivity index (χ0) is 82.8. The largest absolute Gasteiger partial charge is 0.454 e. The van der Waals surface area contributed by atoms with E-state index in [2.05, 4.69) is 437 Å². The van der Waals surface area contributed by atoms with Crippen molar-refractivity contribution in [3.8, 4) is 77.9 Å². The summed E-state index contributed by atoms with van der Waals surface area (Å²) in [6, 6.07) is 143. The van der Waals surface area contributed by atoms with Gasteiger partial charge in [0.05, 0.1) is 5.69 Å². The lowest BCUT2D eigenvalue weighted by atomic mass is 9.33. The Morgan fingerprint density at radius 2 is 0.616 bits per heavy atom. The number of rotatable bonds is 8. The molecule has 0 unspecified atom stereocenters. The van der Waals surface area contributed by atoms with Gasteiger partial charge in [-0.3, -0.25) is 0 Å². The minimum atomic E-state index is -0.419. The van der Waals surface area contributed by atoms with Crippen LogP contribution in [0.4, 0.5) is 68.2 Å². The van der Waals surface area contributed by atoms with E-state index in [1.165, 1.54) is 176 Å². The summed E-state index contributed by atoms with van der Waals surface area (Å²) in [5.41, 5.74) is 47.9. The Morgan fingerprint density at radius 3 is 1.16 bits per heavy atom. The number of anilines is 12. The first-order valence-electron chi connectivity index (χ1n) is 44.0. The van der Waals surface area contributed by atoms with Crippen molar-refractivity contribution < 1.29 is 4.42 Å². The summed E-state index contributed by atoms with van der Waals surface area (Å²) in [5.74, 6) is 0. The van der Waals surface area contributed by atoms with Crippen molar-refractivity contribution in [2.45, 2.75) is 57.8 Å². The van der Waals surface area contributed by atoms with E-state index in [1.807, 2.05) is 11.3 Å². The molecule has 2 aromatic heterocycles. The van der Waals surface area contributed by atoms with E-state index < -0.39 is 5.41 Å². The highest BCUT2D eigenvalue weighted by Crippen LogP contribution is 2.61. The lowest BCUT2D eigenvalue weighted by Gasteiger charge is -2.44. The average molecular weight is 1610 g/mol. The molecule has 0 saturated carbocycles. The van der Waals surface area contributed by atoms with Gasteiger partial charge in [-0.2, -0.15) is 0 Å². The van der Waals surface area contributed by atoms with Crippen LogP contribution in [0.5, 0.6) is 0 Å². The van der Waals surface area contributed by atoms with Crippen LogP contribution in [0.2, 0.25) is 0 Å². The van der Waals surface area contributed by atoms with Crippen LogP contribution in [0.15, 0.2) is 381 Å². The summed E-state index contributed by atoms with van der Waals surface area (Å²) < 4.78 is 10.5. The first-order valence-corrected chi connectivity index (χ1v) is 44.8. The third-order valence-corrected chi connectivity index (χ3v) is 30.6. The second-order valence-corrected chi connectivity index (χ2v) is 37.9. The standard InChI is InChI=1S/C117H80B2N4OS/c1-115(2)90-36-11-7-26-80(90)85-33-21-30-77(107(85)115)69-50-58-74(59-51-69)120-98-43-18-15-40-94(98)119-96-65-57-72(66-104(96)122(102-47-24-45-100(120)110(102)119)76-62-54-71(55-63-76)79-32-23-35-87-84-29-10-20-49-106(84)125-114(79)87)73-56-64-83-89-68-88-82-28-9-13-38-92(82)117(5,6)109(88)112(113(89)124-105(83)67-73)123-99-44-19-16-41-95(99)118-93-39-14-17-42-97(93)121(101-46-25-48-103(123)111(101)118)75-60-52-70(53-61-75)78-31-22-34-86-81-27-8-12-37-91(81)116(3,4)108(78)86/h7-68H,1-6H3. The Hall–Kier alpha value is -14.7. The maximum Gasteiger partial charge on any atom is 0.252 e. The van der Waals surface area contributed by atoms with Crippen molar-refractivity contribution in [2.75, 3.05) is 19.6 Å². The van der Waals surface area contributed by atoms with E-state index in [1.54, 1.807) is 0 Å². The third-order valence-electron chi connectivity index (χ3n) is 29.4. The van der Waals surface area contributed by atoms with Crippen molar-refractivity contribution in [3.63, 3.8) is 0 Å². The molecule has 0 saturated heterocycles. The second kappa shape index (κ2) is 25.7. The van der Waals surface area contributed by atoms with Gasteiger partial charge < -0.3 is 24.0 Å². The SMILES string of the molecule is CC1(C)c2ccccc2-c2cccc(-c3ccc(N4c5ccccc5B5c6ccc(-c7ccc8c(c7)oc7c(N9c%10ccccc%10B%10c%11ccccc%11N(c%11ccc(-c%12cccc%13c%12C(C)(C)c%12ccccc%12-%13)cc%11)c%11cccc9c%11%10)c9c(cc78)-c7ccccc7C9(C)C)cc6N(c6ccc(-c7cccc8c7sc7ccccc78)cc6)c6cccc4c65)cc3)c21. The molecular weight excluding hydrogens is 1530 g/mol. The maximum atomic E-state index is 7.88. The van der Waals surface area contributed by atoms with Gasteiger partial charge in [0.1, 0.15) is 5.58 Å². The molecule has 125 heavy (non-hydrogen) atoms. The molecule has 4 aliphatic heterocycles. The van der Waals surface area contributed by atoms with Crippen LogP contribution in [0.25, 0.3) is 120 Å². The monoisotopic (exact) mass is 1610 g/mol. The smallest absolute Gasteiger partial charge is 0.252 e. The van der Waals surface area contributed by atoms with Gasteiger partial charge in [0.25, 0.3) is 13.4 Å². The van der Waals surface area contributed by atoms with Crippen LogP contribution < -0.4 is 52.4 Å². The van der Waals surface area contributed by atoms with Gasteiger partial charge in [-0.15, -0.1) is 11.3 Å². The average Bonchev–Trinajstić information content (AvgIpc) is 1.37. The molecule has 7 aliphatic rings. The van der Waals surface area contributed by atoms with E-state index in [9.17, 15) is 0 Å². The van der Waals surface area contributed by atoms with Gasteiger partial charge in [-0.1, -0.05) is 308 Å². The number of nitrogens with zero attached hydrogens (tertiary/aromatic N) is 4. The first-order chi connectivity index (χ1) is 61.3. The van der Waals surface area contributed by atoms with Crippen molar-refractivity contribution in [2.24, 2.45) is 0 Å². The van der Waals surface area contributed by atoms with Crippen LogP contribution in [-0.2, 0) is 16.2 Å². The number of benzene rings is 18. The number of thiophene rings is 1. The summed E-state index contributed by atoms with van der Waals surface area (Å²) in [4.78, 5) is 10.2. The topological polar surface area (TPSA) is 26.1 Å². The minimum absolute atomic E-state index is 0.0530. The molecule has 5 nitrogen and oxygen atoms in total. The molecule has 0 bridgehead atoms. The Labute approximate surface area is 731 Å². The maximum absolute atomic E-state index is 7.88. The quantitative estimate of drug-likeness (QED) is 0.141. The second-order valence-electron chi connectivity index (χ2n) is 36.8. The van der Waals surface area contributed by atoms with E-state index in [4.69, 9.17) is 4.42 Å². The predicted molar refractivity (Wildman–Crippen MR) is 529 cm³/mol. The number of furan rings is 1.